The Hall–Kier alpha value is 0.0600. The zero-order valence-electron chi connectivity index (χ0n) is 12.1. The molecule has 3 atom stereocenters. The van der Waals surface area contributed by atoms with Gasteiger partial charge in [-0.25, -0.2) is 0 Å². The molecule has 2 fully saturated rings. The van der Waals surface area contributed by atoms with Crippen LogP contribution in [0, 0.1) is 5.92 Å². The SMILES string of the molecule is CN1CCCC2CN(C(CN)c3sccc3Br)CCC21. The predicted molar refractivity (Wildman–Crippen MR) is 89.1 cm³/mol. The molecule has 0 saturated carbocycles. The van der Waals surface area contributed by atoms with E-state index in [9.17, 15) is 0 Å². The maximum absolute atomic E-state index is 6.09. The lowest BCUT2D eigenvalue weighted by Crippen LogP contribution is -2.53. The summed E-state index contributed by atoms with van der Waals surface area (Å²) < 4.78 is 1.22. The lowest BCUT2D eigenvalue weighted by Gasteiger charge is -2.47. The van der Waals surface area contributed by atoms with Crippen LogP contribution in [-0.2, 0) is 0 Å². The molecule has 20 heavy (non-hydrogen) atoms. The first-order chi connectivity index (χ1) is 9.70. The van der Waals surface area contributed by atoms with Gasteiger partial charge in [-0.1, -0.05) is 0 Å². The average molecular weight is 358 g/mol. The number of fused-ring (bicyclic) bond motifs is 1. The summed E-state index contributed by atoms with van der Waals surface area (Å²) in [6.45, 7) is 4.38. The van der Waals surface area contributed by atoms with Crippen molar-refractivity contribution in [2.45, 2.75) is 31.3 Å². The third-order valence-corrected chi connectivity index (χ3v) is 6.96. The van der Waals surface area contributed by atoms with Crippen LogP contribution in [0.4, 0.5) is 0 Å². The fourth-order valence-corrected chi connectivity index (χ4v) is 5.71. The number of nitrogens with zero attached hydrogens (tertiary/aromatic N) is 2. The summed E-state index contributed by atoms with van der Waals surface area (Å²) in [5, 5.41) is 2.16. The zero-order valence-corrected chi connectivity index (χ0v) is 14.5. The Morgan fingerprint density at radius 2 is 2.30 bits per heavy atom. The van der Waals surface area contributed by atoms with Crippen LogP contribution in [0.5, 0.6) is 0 Å². The molecule has 3 heterocycles. The van der Waals surface area contributed by atoms with Crippen LogP contribution in [0.1, 0.15) is 30.2 Å². The van der Waals surface area contributed by atoms with Gasteiger partial charge in [-0.15, -0.1) is 11.3 Å². The minimum Gasteiger partial charge on any atom is -0.329 e. The molecule has 2 saturated heterocycles. The van der Waals surface area contributed by atoms with Crippen molar-refractivity contribution in [1.29, 1.82) is 0 Å². The van der Waals surface area contributed by atoms with E-state index in [0.29, 0.717) is 12.6 Å². The third kappa shape index (κ3) is 2.83. The van der Waals surface area contributed by atoms with Gasteiger partial charge in [0.05, 0.1) is 6.04 Å². The molecule has 3 rings (SSSR count). The Balaban J connectivity index is 1.73. The maximum atomic E-state index is 6.09. The van der Waals surface area contributed by atoms with E-state index in [2.05, 4.69) is 44.2 Å². The predicted octanol–water partition coefficient (Wildman–Crippen LogP) is 2.93. The first-order valence-corrected chi connectivity index (χ1v) is 9.25. The number of thiophene rings is 1. The van der Waals surface area contributed by atoms with E-state index in [4.69, 9.17) is 5.73 Å². The van der Waals surface area contributed by atoms with Crippen LogP contribution in [0.25, 0.3) is 0 Å². The van der Waals surface area contributed by atoms with Crippen LogP contribution < -0.4 is 5.73 Å². The molecule has 0 aromatic carbocycles. The van der Waals surface area contributed by atoms with Gasteiger partial charge in [0.25, 0.3) is 0 Å². The molecular weight excluding hydrogens is 334 g/mol. The van der Waals surface area contributed by atoms with E-state index in [-0.39, 0.29) is 0 Å². The van der Waals surface area contributed by atoms with Crippen LogP contribution in [0.3, 0.4) is 0 Å². The molecule has 3 nitrogen and oxygen atoms in total. The first kappa shape index (κ1) is 15.0. The molecule has 3 unspecified atom stereocenters. The van der Waals surface area contributed by atoms with Crippen molar-refractivity contribution in [3.05, 3.63) is 20.8 Å². The number of rotatable bonds is 3. The van der Waals surface area contributed by atoms with E-state index in [1.807, 2.05) is 11.3 Å². The largest absolute Gasteiger partial charge is 0.329 e. The van der Waals surface area contributed by atoms with Crippen LogP contribution in [0.15, 0.2) is 15.9 Å². The van der Waals surface area contributed by atoms with Gasteiger partial charge >= 0.3 is 0 Å². The van der Waals surface area contributed by atoms with Gasteiger partial charge in [0.15, 0.2) is 0 Å². The van der Waals surface area contributed by atoms with Gasteiger partial charge in [-0.05, 0) is 66.1 Å². The molecule has 0 radical (unpaired) electrons. The molecule has 2 N–H and O–H groups in total. The van der Waals surface area contributed by atoms with Crippen LogP contribution in [-0.4, -0.2) is 49.1 Å². The second kappa shape index (κ2) is 6.44. The number of piperidine rings is 2. The summed E-state index contributed by atoms with van der Waals surface area (Å²) in [5.74, 6) is 0.829. The number of likely N-dealkylation sites (tertiary alicyclic amines) is 2. The number of hydrogen-bond donors (Lipinski definition) is 1. The molecule has 2 aliphatic heterocycles. The Labute approximate surface area is 134 Å². The highest BCUT2D eigenvalue weighted by molar-refractivity contribution is 9.10. The monoisotopic (exact) mass is 357 g/mol. The van der Waals surface area contributed by atoms with Crippen LogP contribution >= 0.6 is 27.3 Å². The van der Waals surface area contributed by atoms with E-state index >= 15 is 0 Å². The van der Waals surface area contributed by atoms with E-state index in [1.165, 1.54) is 48.2 Å². The molecule has 1 aromatic rings. The van der Waals surface area contributed by atoms with Crippen molar-refractivity contribution < 1.29 is 0 Å². The van der Waals surface area contributed by atoms with E-state index < -0.39 is 0 Å². The maximum Gasteiger partial charge on any atom is 0.0575 e. The highest BCUT2D eigenvalue weighted by Crippen LogP contribution is 2.37. The highest BCUT2D eigenvalue weighted by Gasteiger charge is 2.36. The fourth-order valence-electron chi connectivity index (χ4n) is 3.93. The summed E-state index contributed by atoms with van der Waals surface area (Å²) in [5.41, 5.74) is 6.09. The highest BCUT2D eigenvalue weighted by atomic mass is 79.9. The molecule has 1 aromatic heterocycles. The van der Waals surface area contributed by atoms with Gasteiger partial charge < -0.3 is 10.6 Å². The van der Waals surface area contributed by atoms with Crippen molar-refractivity contribution in [3.8, 4) is 0 Å². The molecule has 0 amide bonds. The quantitative estimate of drug-likeness (QED) is 0.902. The second-order valence-electron chi connectivity index (χ2n) is 6.12. The topological polar surface area (TPSA) is 32.5 Å². The number of nitrogens with two attached hydrogens (primary N) is 1. The van der Waals surface area contributed by atoms with Gasteiger partial charge in [0.2, 0.25) is 0 Å². The van der Waals surface area contributed by atoms with Crippen molar-refractivity contribution in [1.82, 2.24) is 9.80 Å². The van der Waals surface area contributed by atoms with Gasteiger partial charge in [-0.3, -0.25) is 4.90 Å². The standard InChI is InChI=1S/C15H24BrN3S/c1-18-6-2-3-11-10-19(7-4-13(11)18)14(9-17)15-12(16)5-8-20-15/h5,8,11,13-14H,2-4,6-7,9-10,17H2,1H3. The summed E-state index contributed by atoms with van der Waals surface area (Å²) in [4.78, 5) is 6.59. The van der Waals surface area contributed by atoms with Crippen LogP contribution in [0.2, 0.25) is 0 Å². The molecule has 0 bridgehead atoms. The minimum absolute atomic E-state index is 0.387. The molecular formula is C15H24BrN3S. The number of halogens is 1. The van der Waals surface area contributed by atoms with Gasteiger partial charge in [-0.2, -0.15) is 0 Å². The number of hydrogen-bond acceptors (Lipinski definition) is 4. The first-order valence-electron chi connectivity index (χ1n) is 7.58. The summed E-state index contributed by atoms with van der Waals surface area (Å²) >= 11 is 5.50. The zero-order chi connectivity index (χ0) is 14.1. The third-order valence-electron chi connectivity index (χ3n) is 4.99. The summed E-state index contributed by atoms with van der Waals surface area (Å²) in [6.07, 6.45) is 4.02. The lowest BCUT2D eigenvalue weighted by molar-refractivity contribution is 0.0216. The Kier molecular flexibility index (Phi) is 4.82. The average Bonchev–Trinajstić information content (AvgIpc) is 2.86. The fraction of sp³-hybridized carbons (Fsp3) is 0.733. The molecule has 0 spiro atoms. The minimum atomic E-state index is 0.387. The molecule has 112 valence electrons. The Morgan fingerprint density at radius 1 is 1.45 bits per heavy atom. The lowest BCUT2D eigenvalue weighted by atomic mass is 9.83. The molecule has 5 heteroatoms. The Bertz CT molecular complexity index is 450. The van der Waals surface area contributed by atoms with Gasteiger partial charge in [0.1, 0.15) is 0 Å². The normalized spacial score (nSPS) is 30.1. The summed E-state index contributed by atoms with van der Waals surface area (Å²) in [7, 11) is 2.29. The molecule has 0 aliphatic carbocycles. The Morgan fingerprint density at radius 3 is 3.00 bits per heavy atom. The van der Waals surface area contributed by atoms with Crippen molar-refractivity contribution in [2.75, 3.05) is 33.2 Å². The van der Waals surface area contributed by atoms with E-state index in [0.717, 1.165) is 12.0 Å². The summed E-state index contributed by atoms with van der Waals surface area (Å²) in [6, 6.07) is 3.33. The van der Waals surface area contributed by atoms with Crippen molar-refractivity contribution >= 4 is 27.3 Å². The second-order valence-corrected chi connectivity index (χ2v) is 7.92. The van der Waals surface area contributed by atoms with Crippen molar-refractivity contribution in [3.63, 3.8) is 0 Å². The smallest absolute Gasteiger partial charge is 0.0575 e. The molecule has 2 aliphatic rings. The van der Waals surface area contributed by atoms with E-state index in [1.54, 1.807) is 0 Å². The van der Waals surface area contributed by atoms with Gasteiger partial charge in [0, 0.05) is 35.0 Å². The van der Waals surface area contributed by atoms with Crippen molar-refractivity contribution in [2.24, 2.45) is 11.7 Å².